The summed E-state index contributed by atoms with van der Waals surface area (Å²) in [4.78, 5) is 21.0. The van der Waals surface area contributed by atoms with Crippen LogP contribution in [0.5, 0.6) is 0 Å². The van der Waals surface area contributed by atoms with E-state index in [2.05, 4.69) is 17.0 Å². The molecule has 0 radical (unpaired) electrons. The monoisotopic (exact) mass is 398 g/mol. The van der Waals surface area contributed by atoms with Gasteiger partial charge in [-0.2, -0.15) is 0 Å². The minimum atomic E-state index is 0.728. The van der Waals surface area contributed by atoms with Crippen LogP contribution >= 0.6 is 0 Å². The molecule has 2 aromatic heterocycles. The van der Waals surface area contributed by atoms with Crippen LogP contribution in [0, 0.1) is 0 Å². The number of amides is 1. The number of pyridine rings is 1. The van der Waals surface area contributed by atoms with Gasteiger partial charge in [0, 0.05) is 30.5 Å². The Hall–Kier alpha value is -3.64. The Morgan fingerprint density at radius 3 is 2.37 bits per heavy atom. The maximum Gasteiger partial charge on any atom is 0.219 e. The van der Waals surface area contributed by atoms with Gasteiger partial charge in [0.1, 0.15) is 11.3 Å². The Bertz CT molecular complexity index is 1150. The second-order valence-electron chi connectivity index (χ2n) is 7.17. The van der Waals surface area contributed by atoms with Gasteiger partial charge in [0.2, 0.25) is 6.41 Å². The van der Waals surface area contributed by atoms with Crippen LogP contribution in [-0.4, -0.2) is 42.1 Å². The number of ether oxygens (including phenoxy) is 1. The van der Waals surface area contributed by atoms with Gasteiger partial charge in [-0.15, -0.1) is 0 Å². The molecule has 0 unspecified atom stereocenters. The Morgan fingerprint density at radius 2 is 1.63 bits per heavy atom. The van der Waals surface area contributed by atoms with Crippen LogP contribution in [0.25, 0.3) is 16.9 Å². The van der Waals surface area contributed by atoms with Gasteiger partial charge in [-0.25, -0.2) is 4.98 Å². The van der Waals surface area contributed by atoms with Crippen LogP contribution in [-0.2, 0) is 9.53 Å². The predicted molar refractivity (Wildman–Crippen MR) is 118 cm³/mol. The van der Waals surface area contributed by atoms with Gasteiger partial charge >= 0.3 is 0 Å². The standard InChI is InChI=1S/C24H22N4O2/c29-18-28(21-11-9-20(10-12-21)26-14-16-30-17-15-26)24-23(19-6-2-1-3-7-19)25-22-8-4-5-13-27(22)24/h1-13,18H,14-17H2. The van der Waals surface area contributed by atoms with E-state index in [1.165, 1.54) is 0 Å². The fourth-order valence-electron chi connectivity index (χ4n) is 3.88. The van der Waals surface area contributed by atoms with Crippen LogP contribution in [0.4, 0.5) is 17.2 Å². The molecule has 4 aromatic rings. The molecule has 0 N–H and O–H groups in total. The van der Waals surface area contributed by atoms with Crippen molar-refractivity contribution >= 4 is 29.2 Å². The number of aromatic nitrogens is 2. The summed E-state index contributed by atoms with van der Waals surface area (Å²) >= 11 is 0. The van der Waals surface area contributed by atoms with Crippen molar-refractivity contribution < 1.29 is 9.53 Å². The molecule has 1 amide bonds. The van der Waals surface area contributed by atoms with Crippen LogP contribution in [0.3, 0.4) is 0 Å². The molecular formula is C24H22N4O2. The first-order chi connectivity index (χ1) is 14.8. The van der Waals surface area contributed by atoms with E-state index in [1.54, 1.807) is 4.90 Å². The SMILES string of the molecule is O=CN(c1ccc(N2CCOCC2)cc1)c1c(-c2ccccc2)nc2ccccn12. The largest absolute Gasteiger partial charge is 0.378 e. The van der Waals surface area contributed by atoms with Gasteiger partial charge in [-0.1, -0.05) is 36.4 Å². The fraction of sp³-hybridized carbons (Fsp3) is 0.167. The van der Waals surface area contributed by atoms with Crippen molar-refractivity contribution in [3.8, 4) is 11.3 Å². The highest BCUT2D eigenvalue weighted by Crippen LogP contribution is 2.35. The number of hydrogen-bond acceptors (Lipinski definition) is 4. The summed E-state index contributed by atoms with van der Waals surface area (Å²) in [6, 6.07) is 23.9. The number of imidazole rings is 1. The predicted octanol–water partition coefficient (Wildman–Crippen LogP) is 4.13. The molecule has 0 saturated carbocycles. The van der Waals surface area contributed by atoms with Crippen molar-refractivity contribution in [2.75, 3.05) is 36.1 Å². The maximum atomic E-state index is 12.3. The van der Waals surface area contributed by atoms with Gasteiger partial charge in [0.15, 0.2) is 5.82 Å². The third kappa shape index (κ3) is 3.31. The molecule has 2 aromatic carbocycles. The minimum absolute atomic E-state index is 0.728. The molecule has 30 heavy (non-hydrogen) atoms. The first-order valence-electron chi connectivity index (χ1n) is 10.0. The summed E-state index contributed by atoms with van der Waals surface area (Å²) in [6.07, 6.45) is 2.79. The molecule has 1 fully saturated rings. The number of morpholine rings is 1. The van der Waals surface area contributed by atoms with Crippen LogP contribution < -0.4 is 9.80 Å². The minimum Gasteiger partial charge on any atom is -0.378 e. The Labute approximate surface area is 174 Å². The highest BCUT2D eigenvalue weighted by Gasteiger charge is 2.21. The molecule has 6 nitrogen and oxygen atoms in total. The molecule has 0 spiro atoms. The average molecular weight is 398 g/mol. The second-order valence-corrected chi connectivity index (χ2v) is 7.17. The fourth-order valence-corrected chi connectivity index (χ4v) is 3.88. The lowest BCUT2D eigenvalue weighted by Gasteiger charge is -2.29. The maximum absolute atomic E-state index is 12.3. The number of anilines is 3. The smallest absolute Gasteiger partial charge is 0.219 e. The average Bonchev–Trinajstić information content (AvgIpc) is 3.21. The van der Waals surface area contributed by atoms with Crippen molar-refractivity contribution in [1.29, 1.82) is 0 Å². The number of fused-ring (bicyclic) bond motifs is 1. The van der Waals surface area contributed by atoms with Crippen molar-refractivity contribution in [2.24, 2.45) is 0 Å². The Balaban J connectivity index is 1.58. The van der Waals surface area contributed by atoms with E-state index in [0.717, 1.165) is 66.8 Å². The molecule has 0 atom stereocenters. The number of nitrogens with zero attached hydrogens (tertiary/aromatic N) is 4. The van der Waals surface area contributed by atoms with Gasteiger partial charge in [0.05, 0.1) is 18.9 Å². The zero-order valence-electron chi connectivity index (χ0n) is 16.5. The Kier molecular flexibility index (Phi) is 4.91. The van der Waals surface area contributed by atoms with Crippen molar-refractivity contribution in [3.63, 3.8) is 0 Å². The van der Waals surface area contributed by atoms with E-state index >= 15 is 0 Å². The van der Waals surface area contributed by atoms with Crippen LogP contribution in [0.2, 0.25) is 0 Å². The lowest BCUT2D eigenvalue weighted by Crippen LogP contribution is -2.36. The molecule has 3 heterocycles. The molecule has 0 aliphatic carbocycles. The van der Waals surface area contributed by atoms with E-state index in [4.69, 9.17) is 9.72 Å². The quantitative estimate of drug-likeness (QED) is 0.474. The molecular weight excluding hydrogens is 376 g/mol. The number of carbonyl (C=O) groups is 1. The molecule has 1 saturated heterocycles. The van der Waals surface area contributed by atoms with E-state index < -0.39 is 0 Å². The molecule has 6 heteroatoms. The van der Waals surface area contributed by atoms with Crippen molar-refractivity contribution in [2.45, 2.75) is 0 Å². The number of carbonyl (C=O) groups excluding carboxylic acids is 1. The number of benzene rings is 2. The highest BCUT2D eigenvalue weighted by atomic mass is 16.5. The first-order valence-corrected chi connectivity index (χ1v) is 10.0. The normalized spacial score (nSPS) is 14.1. The van der Waals surface area contributed by atoms with Crippen molar-refractivity contribution in [1.82, 2.24) is 9.38 Å². The topological polar surface area (TPSA) is 50.1 Å². The van der Waals surface area contributed by atoms with Crippen molar-refractivity contribution in [3.05, 3.63) is 79.0 Å². The molecule has 1 aliphatic heterocycles. The van der Waals surface area contributed by atoms with Gasteiger partial charge in [0.25, 0.3) is 0 Å². The zero-order chi connectivity index (χ0) is 20.3. The summed E-state index contributed by atoms with van der Waals surface area (Å²) in [6.45, 7) is 3.24. The molecule has 5 rings (SSSR count). The summed E-state index contributed by atoms with van der Waals surface area (Å²) in [5, 5.41) is 0. The van der Waals surface area contributed by atoms with Crippen LogP contribution in [0.15, 0.2) is 79.0 Å². The van der Waals surface area contributed by atoms with E-state index in [-0.39, 0.29) is 0 Å². The third-order valence-corrected chi connectivity index (χ3v) is 5.39. The molecule has 1 aliphatic rings. The summed E-state index contributed by atoms with van der Waals surface area (Å²) in [5.41, 5.74) is 4.46. The van der Waals surface area contributed by atoms with Gasteiger partial charge in [-0.05, 0) is 36.4 Å². The van der Waals surface area contributed by atoms with E-state index in [0.29, 0.717) is 0 Å². The van der Waals surface area contributed by atoms with Gasteiger partial charge < -0.3 is 9.64 Å². The molecule has 0 bridgehead atoms. The lowest BCUT2D eigenvalue weighted by atomic mass is 10.1. The lowest BCUT2D eigenvalue weighted by molar-refractivity contribution is -0.106. The number of hydrogen-bond donors (Lipinski definition) is 0. The first kappa shape index (κ1) is 18.4. The third-order valence-electron chi connectivity index (χ3n) is 5.39. The Morgan fingerprint density at radius 1 is 0.900 bits per heavy atom. The van der Waals surface area contributed by atoms with E-state index in [9.17, 15) is 4.79 Å². The van der Waals surface area contributed by atoms with E-state index in [1.807, 2.05) is 71.3 Å². The number of rotatable bonds is 5. The second kappa shape index (κ2) is 8.00. The summed E-state index contributed by atoms with van der Waals surface area (Å²) in [7, 11) is 0. The summed E-state index contributed by atoms with van der Waals surface area (Å²) in [5.74, 6) is 0.728. The van der Waals surface area contributed by atoms with Gasteiger partial charge in [-0.3, -0.25) is 14.1 Å². The van der Waals surface area contributed by atoms with Crippen LogP contribution in [0.1, 0.15) is 0 Å². The molecule has 150 valence electrons. The highest BCUT2D eigenvalue weighted by molar-refractivity contribution is 5.93. The zero-order valence-corrected chi connectivity index (χ0v) is 16.5. The summed E-state index contributed by atoms with van der Waals surface area (Å²) < 4.78 is 7.39.